The molecule has 1 aromatic heterocycles. The first kappa shape index (κ1) is 60.9. The van der Waals surface area contributed by atoms with Crippen molar-refractivity contribution in [3.63, 3.8) is 0 Å². The van der Waals surface area contributed by atoms with Gasteiger partial charge in [-0.05, 0) is 82.4 Å². The molecule has 4 bridgehead atoms. The molecule has 0 radical (unpaired) electrons. The predicted molar refractivity (Wildman–Crippen MR) is 290 cm³/mol. The molecular formula is C56H76ClN7O14. The summed E-state index contributed by atoms with van der Waals surface area (Å²) in [6.45, 7) is 10.7. The molecule has 2 fully saturated rings. The van der Waals surface area contributed by atoms with Gasteiger partial charge in [-0.2, -0.15) is 0 Å². The predicted octanol–water partition coefficient (Wildman–Crippen LogP) is 4.34. The maximum absolute atomic E-state index is 14.4. The van der Waals surface area contributed by atoms with Gasteiger partial charge in [-0.3, -0.25) is 29.3 Å². The van der Waals surface area contributed by atoms with Crippen LogP contribution in [-0.2, 0) is 67.2 Å². The van der Waals surface area contributed by atoms with Gasteiger partial charge in [0.25, 0.3) is 11.8 Å². The number of carbonyl (C=O) groups is 7. The summed E-state index contributed by atoms with van der Waals surface area (Å²) < 4.78 is 31.5. The summed E-state index contributed by atoms with van der Waals surface area (Å²) in [6, 6.07) is 12.4. The second kappa shape index (κ2) is 26.5. The highest BCUT2D eigenvalue weighted by Gasteiger charge is 2.64. The number of anilines is 1. The fourth-order valence-corrected chi connectivity index (χ4v) is 10.2. The third-order valence-electron chi connectivity index (χ3n) is 15.1. The van der Waals surface area contributed by atoms with Crippen molar-refractivity contribution in [3.05, 3.63) is 82.5 Å². The average molecular weight is 1110 g/mol. The second-order valence-electron chi connectivity index (χ2n) is 20.7. The number of fused-ring (bicyclic) bond motifs is 6. The number of aliphatic hydroxyl groups is 2. The van der Waals surface area contributed by atoms with Gasteiger partial charge in [0.05, 0.1) is 25.3 Å². The maximum atomic E-state index is 14.4. The van der Waals surface area contributed by atoms with Crippen molar-refractivity contribution < 1.29 is 67.5 Å². The monoisotopic (exact) mass is 1110 g/mol. The molecule has 3 aliphatic rings. The van der Waals surface area contributed by atoms with Gasteiger partial charge in [0.15, 0.2) is 5.72 Å². The van der Waals surface area contributed by atoms with Crippen molar-refractivity contribution in [2.45, 2.75) is 141 Å². The van der Waals surface area contributed by atoms with Gasteiger partial charge in [-0.25, -0.2) is 9.59 Å². The summed E-state index contributed by atoms with van der Waals surface area (Å²) in [5.41, 5.74) is 0.875. The van der Waals surface area contributed by atoms with Crippen LogP contribution in [0.3, 0.4) is 0 Å². The van der Waals surface area contributed by atoms with E-state index in [1.807, 2.05) is 44.3 Å². The van der Waals surface area contributed by atoms with E-state index < -0.39 is 95.9 Å². The van der Waals surface area contributed by atoms with Crippen LogP contribution in [0.1, 0.15) is 84.4 Å². The number of aromatic nitrogens is 1. The minimum Gasteiger partial charge on any atom is -0.495 e. The summed E-state index contributed by atoms with van der Waals surface area (Å²) in [7, 11) is 7.78. The van der Waals surface area contributed by atoms with Crippen LogP contribution in [0.25, 0.3) is 10.9 Å². The first-order valence-corrected chi connectivity index (χ1v) is 26.7. The second-order valence-corrected chi connectivity index (χ2v) is 21.1. The van der Waals surface area contributed by atoms with Crippen LogP contribution >= 0.6 is 11.6 Å². The molecule has 1 unspecified atom stereocenters. The molecule has 0 saturated carbocycles. The largest absolute Gasteiger partial charge is 0.495 e. The Kier molecular flexibility index (Phi) is 20.7. The van der Waals surface area contributed by atoms with E-state index in [9.17, 15) is 43.8 Å². The lowest BCUT2D eigenvalue weighted by molar-refractivity contribution is -0.162. The Labute approximate surface area is 460 Å². The number of esters is 1. The lowest BCUT2D eigenvalue weighted by Gasteiger charge is -2.42. The zero-order valence-corrected chi connectivity index (χ0v) is 47.0. The number of para-hydroxylation sites is 1. The Balaban J connectivity index is 1.04. The van der Waals surface area contributed by atoms with E-state index >= 15 is 0 Å². The molecule has 2 saturated heterocycles. The molecule has 0 spiro atoms. The maximum Gasteiger partial charge on any atom is 0.409 e. The molecule has 5 amide bonds. The lowest BCUT2D eigenvalue weighted by atomic mass is 9.83. The van der Waals surface area contributed by atoms with E-state index in [-0.39, 0.29) is 43.2 Å². The minimum atomic E-state index is -2.09. The van der Waals surface area contributed by atoms with E-state index in [0.29, 0.717) is 37.2 Å². The van der Waals surface area contributed by atoms with Gasteiger partial charge in [-0.15, -0.1) is 0 Å². The number of methoxy groups -OCH3 is 2. The number of benzene rings is 2. The topological polar surface area (TPSA) is 260 Å². The van der Waals surface area contributed by atoms with Crippen molar-refractivity contribution in [2.75, 3.05) is 59.9 Å². The van der Waals surface area contributed by atoms with Gasteiger partial charge < -0.3 is 63.8 Å². The molecule has 6 rings (SSSR count). The fraction of sp³-hybridized carbons (Fsp3) is 0.554. The molecule has 3 aromatic rings. The molecule has 426 valence electrons. The summed E-state index contributed by atoms with van der Waals surface area (Å²) in [5, 5.41) is 30.9. The summed E-state index contributed by atoms with van der Waals surface area (Å²) in [6.07, 6.45) is -1.51. The molecule has 21 nitrogen and oxygen atoms in total. The third-order valence-corrected chi connectivity index (χ3v) is 15.5. The van der Waals surface area contributed by atoms with Gasteiger partial charge in [0, 0.05) is 90.2 Å². The molecule has 9 atom stereocenters. The fourth-order valence-electron chi connectivity index (χ4n) is 9.91. The Morgan fingerprint density at radius 3 is 2.42 bits per heavy atom. The SMILES string of the molecule is CCN(C)Cc1cc2ccccc2n1CCC(=O)CCCNC(=O)C(O)C(=O)NCCC(=O)N(C)[C@@H](C)C(=O)O[C@H]1CC(=O)N(C)c2cc(cc(OC)c2Cl)C/C(C)=C/C=C/[C@@H](OC)[C@@]2(O)C[C@H](OC(=O)N2)[C@@H](C)[C@@H]2O[C@@]12C. The lowest BCUT2D eigenvalue weighted by Crippen LogP contribution is -2.63. The van der Waals surface area contributed by atoms with E-state index in [1.165, 1.54) is 40.1 Å². The number of nitrogens with one attached hydrogen (secondary N) is 3. The molecular weight excluding hydrogens is 1030 g/mol. The standard InChI is InChI=1S/C56H76ClN7O14/c1-11-61(6)32-38-29-37-17-12-13-19-40(37)64(38)25-22-39(65)18-15-23-58-51(69)49(68)52(70)59-24-21-46(66)62(7)35(4)53(71)77-45-30-47(67)63(8)41-27-36(28-42(74-9)48(41)57)26-33(2)16-14-20-44(75-10)56(73)31-43(76-54(72)60-56)34(3)50-55(45,5)78-50/h12-14,16-17,19-20,27-29,34-35,43-45,49-50,68,73H,11,15,18,21-26,30-32H2,1-10H3,(H,58,69)(H,59,70)(H,60,72)/b20-14+,33-16+/t34-,35+,43+,44-,45+,49?,50+,55+,56+/m1/s1. The van der Waals surface area contributed by atoms with Crippen LogP contribution in [0.5, 0.6) is 5.75 Å². The van der Waals surface area contributed by atoms with Crippen molar-refractivity contribution in [1.82, 2.24) is 30.3 Å². The van der Waals surface area contributed by atoms with E-state index in [4.69, 9.17) is 35.3 Å². The molecule has 78 heavy (non-hydrogen) atoms. The molecule has 22 heteroatoms. The van der Waals surface area contributed by atoms with Crippen molar-refractivity contribution >= 4 is 69.7 Å². The molecule has 3 aliphatic heterocycles. The third kappa shape index (κ3) is 14.7. The van der Waals surface area contributed by atoms with Crippen molar-refractivity contribution in [2.24, 2.45) is 5.92 Å². The van der Waals surface area contributed by atoms with Crippen LogP contribution < -0.4 is 25.6 Å². The highest BCUT2D eigenvalue weighted by atomic mass is 35.5. The van der Waals surface area contributed by atoms with E-state index in [1.54, 1.807) is 38.1 Å². The number of aryl methyl sites for hydroxylation is 1. The smallest absolute Gasteiger partial charge is 0.409 e. The quantitative estimate of drug-likeness (QED) is 0.0456. The number of allylic oxidation sites excluding steroid dienone is 3. The number of hydrogen-bond donors (Lipinski definition) is 5. The van der Waals surface area contributed by atoms with Crippen LogP contribution in [0.4, 0.5) is 10.5 Å². The van der Waals surface area contributed by atoms with Crippen LogP contribution in [0, 0.1) is 5.92 Å². The molecule has 2 aromatic carbocycles. The number of Topliss-reactive ketones (excluding diaryl/α,β-unsaturated/α-hetero) is 1. The summed E-state index contributed by atoms with van der Waals surface area (Å²) in [5.74, 6) is -4.35. The Hall–Kier alpha value is -6.36. The first-order chi connectivity index (χ1) is 36.9. The van der Waals surface area contributed by atoms with Crippen LogP contribution in [0.15, 0.2) is 66.3 Å². The van der Waals surface area contributed by atoms with Crippen LogP contribution in [0.2, 0.25) is 5.02 Å². The number of ketones is 1. The van der Waals surface area contributed by atoms with Crippen LogP contribution in [-0.4, -0.2) is 169 Å². The molecule has 0 aliphatic carbocycles. The number of carbonyl (C=O) groups excluding carboxylic acids is 7. The summed E-state index contributed by atoms with van der Waals surface area (Å²) in [4.78, 5) is 97.8. The zero-order valence-electron chi connectivity index (χ0n) is 46.3. The van der Waals surface area contributed by atoms with E-state index in [2.05, 4.69) is 38.4 Å². The van der Waals surface area contributed by atoms with Gasteiger partial charge in [0.2, 0.25) is 17.9 Å². The number of aliphatic hydroxyl groups excluding tert-OH is 1. The van der Waals surface area contributed by atoms with Gasteiger partial charge >= 0.3 is 12.1 Å². The number of likely N-dealkylation sites (N-methyl/N-ethyl adjacent to an activating group) is 1. The Morgan fingerprint density at radius 1 is 1.03 bits per heavy atom. The average Bonchev–Trinajstić information content (AvgIpc) is 4.17. The number of epoxide rings is 1. The van der Waals surface area contributed by atoms with Crippen molar-refractivity contribution in [3.8, 4) is 5.75 Å². The minimum absolute atomic E-state index is 0.00661. The number of ether oxygens (including phenoxy) is 5. The number of amides is 5. The summed E-state index contributed by atoms with van der Waals surface area (Å²) >= 11 is 6.81. The highest BCUT2D eigenvalue weighted by molar-refractivity contribution is 6.35. The molecule has 4 heterocycles. The number of hydrogen-bond acceptors (Lipinski definition) is 15. The zero-order chi connectivity index (χ0) is 57.2. The number of halogens is 1. The molecule has 5 N–H and O–H groups in total. The Morgan fingerprint density at radius 2 is 1.73 bits per heavy atom. The number of alkyl carbamates (subject to hydrolysis) is 1. The van der Waals surface area contributed by atoms with Crippen molar-refractivity contribution in [1.29, 1.82) is 0 Å². The highest BCUT2D eigenvalue weighted by Crippen LogP contribution is 2.49. The first-order valence-electron chi connectivity index (χ1n) is 26.3. The van der Waals surface area contributed by atoms with Gasteiger partial charge in [0.1, 0.15) is 46.5 Å². The number of rotatable bonds is 20. The number of nitrogens with zero attached hydrogens (tertiary/aromatic N) is 4. The van der Waals surface area contributed by atoms with Gasteiger partial charge in [-0.1, -0.05) is 67.4 Å². The van der Waals surface area contributed by atoms with E-state index in [0.717, 1.165) is 45.7 Å². The normalized spacial score (nSPS) is 25.3. The Bertz CT molecular complexity index is 2770.